The molecule has 0 saturated heterocycles. The van der Waals surface area contributed by atoms with E-state index in [1.54, 1.807) is 0 Å². The molecule has 0 unspecified atom stereocenters. The second-order valence-electron chi connectivity index (χ2n) is 2.21. The molecule has 0 bridgehead atoms. The number of Topliss-reactive ketones (excluding diaryl/α,β-unsaturated/α-hetero) is 1. The zero-order chi connectivity index (χ0) is 9.40. The highest BCUT2D eigenvalue weighted by Gasteiger charge is 2.05. The number of hydrogen-bond donors (Lipinski definition) is 1. The van der Waals surface area contributed by atoms with Gasteiger partial charge in [0.1, 0.15) is 12.2 Å². The summed E-state index contributed by atoms with van der Waals surface area (Å²) in [5.74, 6) is -0.793. The summed E-state index contributed by atoms with van der Waals surface area (Å²) >= 11 is 0. The highest BCUT2D eigenvalue weighted by atomic mass is 16.7. The van der Waals surface area contributed by atoms with Gasteiger partial charge in [0.25, 0.3) is 0 Å². The molecule has 0 rings (SSSR count). The third-order valence-corrected chi connectivity index (χ3v) is 0.959. The molecular weight excluding hydrogens is 162 g/mol. The lowest BCUT2D eigenvalue weighted by Crippen LogP contribution is -2.14. The van der Waals surface area contributed by atoms with Crippen molar-refractivity contribution in [3.05, 3.63) is 0 Å². The Morgan fingerprint density at radius 3 is 2.58 bits per heavy atom. The van der Waals surface area contributed by atoms with E-state index in [1.165, 1.54) is 6.92 Å². The average Bonchev–Trinajstić information content (AvgIpc) is 1.97. The lowest BCUT2D eigenvalue weighted by atomic mass is 10.3. The van der Waals surface area contributed by atoms with E-state index in [0.29, 0.717) is 13.2 Å². The predicted octanol–water partition coefficient (Wildman–Crippen LogP) is -0.558. The van der Waals surface area contributed by atoms with Gasteiger partial charge in [-0.25, -0.2) is 0 Å². The molecule has 70 valence electrons. The summed E-state index contributed by atoms with van der Waals surface area (Å²) in [5, 5.41) is 0. The van der Waals surface area contributed by atoms with E-state index in [-0.39, 0.29) is 19.0 Å². The minimum Gasteiger partial charge on any atom is -0.438 e. The normalized spacial score (nSPS) is 9.50. The molecule has 0 spiro atoms. The van der Waals surface area contributed by atoms with Crippen molar-refractivity contribution in [3.8, 4) is 0 Å². The van der Waals surface area contributed by atoms with Gasteiger partial charge in [0.2, 0.25) is 0 Å². The van der Waals surface area contributed by atoms with E-state index in [1.807, 2.05) is 0 Å². The third kappa shape index (κ3) is 7.17. The van der Waals surface area contributed by atoms with E-state index in [0.717, 1.165) is 0 Å². The van der Waals surface area contributed by atoms with Crippen LogP contribution in [-0.4, -0.2) is 31.7 Å². The quantitative estimate of drug-likeness (QED) is 0.253. The van der Waals surface area contributed by atoms with Crippen LogP contribution in [0.1, 0.15) is 13.3 Å². The van der Waals surface area contributed by atoms with Crippen LogP contribution in [0.15, 0.2) is 0 Å². The van der Waals surface area contributed by atoms with Crippen LogP contribution in [0.5, 0.6) is 0 Å². The maximum absolute atomic E-state index is 10.7. The summed E-state index contributed by atoms with van der Waals surface area (Å²) < 4.78 is 9.27. The van der Waals surface area contributed by atoms with Crippen LogP contribution in [-0.2, 0) is 19.1 Å². The number of esters is 1. The summed E-state index contributed by atoms with van der Waals surface area (Å²) in [6.07, 6.45) is -0.202. The fourth-order valence-electron chi connectivity index (χ4n) is 0.504. The van der Waals surface area contributed by atoms with E-state index in [4.69, 9.17) is 10.5 Å². The van der Waals surface area contributed by atoms with Gasteiger partial charge >= 0.3 is 5.97 Å². The van der Waals surface area contributed by atoms with Gasteiger partial charge in [-0.1, -0.05) is 0 Å². The van der Waals surface area contributed by atoms with Gasteiger partial charge in [0.05, 0.1) is 6.61 Å². The molecule has 0 atom stereocenters. The maximum Gasteiger partial charge on any atom is 0.315 e. The Morgan fingerprint density at radius 1 is 1.42 bits per heavy atom. The Morgan fingerprint density at radius 2 is 2.08 bits per heavy atom. The third-order valence-electron chi connectivity index (χ3n) is 0.959. The molecular formula is C7H13NO4. The van der Waals surface area contributed by atoms with E-state index in [2.05, 4.69) is 4.74 Å². The topological polar surface area (TPSA) is 78.6 Å². The van der Waals surface area contributed by atoms with Crippen molar-refractivity contribution in [3.63, 3.8) is 0 Å². The highest BCUT2D eigenvalue weighted by molar-refractivity contribution is 5.94. The number of carbonyl (C=O) groups is 2. The first-order valence-electron chi connectivity index (χ1n) is 3.59. The largest absolute Gasteiger partial charge is 0.438 e. The fraction of sp³-hybridized carbons (Fsp3) is 0.714. The van der Waals surface area contributed by atoms with Crippen LogP contribution in [0.2, 0.25) is 0 Å². The number of rotatable bonds is 6. The van der Waals surface area contributed by atoms with E-state index >= 15 is 0 Å². The molecule has 12 heavy (non-hydrogen) atoms. The van der Waals surface area contributed by atoms with Crippen LogP contribution in [0.25, 0.3) is 0 Å². The van der Waals surface area contributed by atoms with Crippen molar-refractivity contribution in [1.82, 2.24) is 0 Å². The first-order valence-corrected chi connectivity index (χ1v) is 3.59. The fourth-order valence-corrected chi connectivity index (χ4v) is 0.504. The lowest BCUT2D eigenvalue weighted by Gasteiger charge is -2.02. The average molecular weight is 175 g/mol. The molecule has 0 aliphatic carbocycles. The Bertz CT molecular complexity index is 157. The summed E-state index contributed by atoms with van der Waals surface area (Å²) in [4.78, 5) is 21.0. The molecule has 0 heterocycles. The van der Waals surface area contributed by atoms with Crippen LogP contribution in [0, 0.1) is 0 Å². The monoisotopic (exact) mass is 175 g/mol. The summed E-state index contributed by atoms with van der Waals surface area (Å²) in [6, 6.07) is 0. The van der Waals surface area contributed by atoms with Gasteiger partial charge in [-0.2, -0.15) is 0 Å². The maximum atomic E-state index is 10.7. The Balaban J connectivity index is 3.26. The molecule has 0 aromatic rings. The van der Waals surface area contributed by atoms with Crippen LogP contribution < -0.4 is 5.73 Å². The van der Waals surface area contributed by atoms with Crippen molar-refractivity contribution >= 4 is 11.8 Å². The van der Waals surface area contributed by atoms with Gasteiger partial charge in [0, 0.05) is 6.54 Å². The summed E-state index contributed by atoms with van der Waals surface area (Å²) in [7, 11) is 0. The van der Waals surface area contributed by atoms with Gasteiger partial charge in [0.15, 0.2) is 6.79 Å². The van der Waals surface area contributed by atoms with Gasteiger partial charge in [-0.3, -0.25) is 9.59 Å². The second-order valence-corrected chi connectivity index (χ2v) is 2.21. The number of hydrogen-bond acceptors (Lipinski definition) is 5. The minimum atomic E-state index is -0.570. The van der Waals surface area contributed by atoms with Crippen molar-refractivity contribution in [2.75, 3.05) is 19.9 Å². The van der Waals surface area contributed by atoms with Crippen molar-refractivity contribution in [1.29, 1.82) is 0 Å². The highest BCUT2D eigenvalue weighted by Crippen LogP contribution is 1.87. The molecule has 0 aliphatic heterocycles. The molecule has 0 amide bonds. The molecule has 0 fully saturated rings. The number of ether oxygens (including phenoxy) is 2. The van der Waals surface area contributed by atoms with Crippen molar-refractivity contribution in [2.24, 2.45) is 5.73 Å². The first kappa shape index (κ1) is 11.1. The van der Waals surface area contributed by atoms with Crippen molar-refractivity contribution < 1.29 is 19.1 Å². The Hall–Kier alpha value is -0.940. The van der Waals surface area contributed by atoms with Gasteiger partial charge in [-0.15, -0.1) is 0 Å². The standard InChI is InChI=1S/C7H13NO4/c1-6(9)4-7(10)12-5-11-3-2-8/h2-5,8H2,1H3. The molecule has 0 saturated carbocycles. The number of nitrogens with two attached hydrogens (primary N) is 1. The molecule has 0 aromatic carbocycles. The molecule has 5 nitrogen and oxygen atoms in total. The molecule has 5 heteroatoms. The number of ketones is 1. The van der Waals surface area contributed by atoms with Crippen LogP contribution >= 0.6 is 0 Å². The molecule has 2 N–H and O–H groups in total. The zero-order valence-electron chi connectivity index (χ0n) is 7.04. The Labute approximate surface area is 70.8 Å². The van der Waals surface area contributed by atoms with Gasteiger partial charge in [-0.05, 0) is 6.92 Å². The van der Waals surface area contributed by atoms with Crippen molar-refractivity contribution in [2.45, 2.75) is 13.3 Å². The zero-order valence-corrected chi connectivity index (χ0v) is 7.04. The summed E-state index contributed by atoms with van der Waals surface area (Å²) in [6.45, 7) is 1.91. The van der Waals surface area contributed by atoms with E-state index in [9.17, 15) is 9.59 Å². The van der Waals surface area contributed by atoms with Gasteiger partial charge < -0.3 is 15.2 Å². The summed E-state index contributed by atoms with van der Waals surface area (Å²) in [5.41, 5.74) is 5.11. The molecule has 0 aliphatic rings. The Kier molecular flexibility index (Phi) is 6.22. The predicted molar refractivity (Wildman–Crippen MR) is 41.3 cm³/mol. The van der Waals surface area contributed by atoms with Crippen LogP contribution in [0.3, 0.4) is 0 Å². The minimum absolute atomic E-state index is 0.136. The van der Waals surface area contributed by atoms with E-state index < -0.39 is 5.97 Å². The van der Waals surface area contributed by atoms with Crippen LogP contribution in [0.4, 0.5) is 0 Å². The smallest absolute Gasteiger partial charge is 0.315 e. The molecule has 0 radical (unpaired) electrons. The molecule has 0 aromatic heterocycles. The second kappa shape index (κ2) is 6.75. The first-order chi connectivity index (χ1) is 5.66. The SMILES string of the molecule is CC(=O)CC(=O)OCOCCN. The number of carbonyl (C=O) groups excluding carboxylic acids is 2. The lowest BCUT2D eigenvalue weighted by molar-refractivity contribution is -0.157.